The standard InChI is InChI=1S/C20H25N5/c1-13-6-7-16-15(10-13)11-17(24-16)18(22-2)19-20(21)23-8-9-25(19)12-14-4-3-5-14/h6-11,14,22,24H,3-5,12H2,1-2H3,(H2,21,23)/b19-18-. The normalized spacial score (nSPS) is 19.8. The number of nitrogens with two attached hydrogens (primary N) is 1. The fourth-order valence-electron chi connectivity index (χ4n) is 3.62. The Morgan fingerprint density at radius 1 is 1.36 bits per heavy atom. The number of aryl methyl sites for hydroxylation is 1. The molecule has 0 radical (unpaired) electrons. The summed E-state index contributed by atoms with van der Waals surface area (Å²) >= 11 is 0. The molecule has 0 spiro atoms. The summed E-state index contributed by atoms with van der Waals surface area (Å²) < 4.78 is 0. The van der Waals surface area contributed by atoms with Crippen LogP contribution >= 0.6 is 0 Å². The van der Waals surface area contributed by atoms with Gasteiger partial charge in [-0.25, -0.2) is 4.99 Å². The highest BCUT2D eigenvalue weighted by Gasteiger charge is 2.26. The largest absolute Gasteiger partial charge is 0.385 e. The number of aromatic nitrogens is 1. The predicted molar refractivity (Wildman–Crippen MR) is 104 cm³/mol. The van der Waals surface area contributed by atoms with Crippen LogP contribution in [-0.4, -0.2) is 29.3 Å². The fourth-order valence-corrected chi connectivity index (χ4v) is 3.62. The number of hydrogen-bond acceptors (Lipinski definition) is 4. The Kier molecular flexibility index (Phi) is 3.99. The van der Waals surface area contributed by atoms with Crippen molar-refractivity contribution in [2.45, 2.75) is 26.2 Å². The van der Waals surface area contributed by atoms with Gasteiger partial charge < -0.3 is 20.9 Å². The van der Waals surface area contributed by atoms with Crippen molar-refractivity contribution in [1.29, 1.82) is 0 Å². The number of H-pyrrole nitrogens is 1. The molecule has 2 heterocycles. The SMILES string of the molecule is CN/C(=C1/C(N)=NC=CN1CC1CCC1)c1cc2cc(C)ccc2[nH]1. The zero-order chi connectivity index (χ0) is 17.4. The van der Waals surface area contributed by atoms with Gasteiger partial charge in [0.2, 0.25) is 0 Å². The quantitative estimate of drug-likeness (QED) is 0.803. The minimum Gasteiger partial charge on any atom is -0.385 e. The summed E-state index contributed by atoms with van der Waals surface area (Å²) in [5, 5.41) is 4.55. The smallest absolute Gasteiger partial charge is 0.149 e. The molecule has 130 valence electrons. The van der Waals surface area contributed by atoms with Crippen LogP contribution in [0.15, 0.2) is 47.4 Å². The molecule has 4 rings (SSSR count). The molecular weight excluding hydrogens is 310 g/mol. The number of amidine groups is 1. The van der Waals surface area contributed by atoms with E-state index < -0.39 is 0 Å². The highest BCUT2D eigenvalue weighted by atomic mass is 15.2. The molecule has 4 N–H and O–H groups in total. The third kappa shape index (κ3) is 2.90. The van der Waals surface area contributed by atoms with E-state index in [1.165, 1.54) is 30.2 Å². The van der Waals surface area contributed by atoms with E-state index in [9.17, 15) is 0 Å². The van der Waals surface area contributed by atoms with Crippen molar-refractivity contribution in [2.75, 3.05) is 13.6 Å². The van der Waals surface area contributed by atoms with Crippen LogP contribution in [0, 0.1) is 12.8 Å². The van der Waals surface area contributed by atoms with Crippen molar-refractivity contribution in [3.05, 3.63) is 53.6 Å². The van der Waals surface area contributed by atoms with E-state index in [2.05, 4.69) is 51.4 Å². The first-order valence-electron chi connectivity index (χ1n) is 8.94. The second-order valence-corrected chi connectivity index (χ2v) is 7.01. The molecule has 0 amide bonds. The molecule has 5 heteroatoms. The van der Waals surface area contributed by atoms with Gasteiger partial charge in [-0.1, -0.05) is 18.1 Å². The van der Waals surface area contributed by atoms with Crippen LogP contribution < -0.4 is 11.1 Å². The monoisotopic (exact) mass is 335 g/mol. The minimum atomic E-state index is 0.556. The number of fused-ring (bicyclic) bond motifs is 1. The van der Waals surface area contributed by atoms with Crippen LogP contribution in [-0.2, 0) is 0 Å². The van der Waals surface area contributed by atoms with Crippen LogP contribution in [0.25, 0.3) is 16.6 Å². The van der Waals surface area contributed by atoms with Gasteiger partial charge in [-0.05, 0) is 43.9 Å². The Labute approximate surface area is 148 Å². The summed E-state index contributed by atoms with van der Waals surface area (Å²) in [6, 6.07) is 8.61. The average molecular weight is 335 g/mol. The maximum atomic E-state index is 6.28. The summed E-state index contributed by atoms with van der Waals surface area (Å²) in [4.78, 5) is 10.1. The average Bonchev–Trinajstić information content (AvgIpc) is 2.96. The summed E-state index contributed by atoms with van der Waals surface area (Å²) in [7, 11) is 1.94. The van der Waals surface area contributed by atoms with E-state index in [-0.39, 0.29) is 0 Å². The van der Waals surface area contributed by atoms with E-state index >= 15 is 0 Å². The van der Waals surface area contributed by atoms with Gasteiger partial charge >= 0.3 is 0 Å². The Bertz CT molecular complexity index is 883. The molecule has 1 saturated carbocycles. The van der Waals surface area contributed by atoms with Crippen LogP contribution in [0.3, 0.4) is 0 Å². The van der Waals surface area contributed by atoms with Crippen molar-refractivity contribution >= 4 is 22.4 Å². The molecule has 1 aromatic carbocycles. The van der Waals surface area contributed by atoms with E-state index in [4.69, 9.17) is 5.73 Å². The first-order valence-corrected chi connectivity index (χ1v) is 8.94. The van der Waals surface area contributed by atoms with Gasteiger partial charge in [-0.15, -0.1) is 0 Å². The van der Waals surface area contributed by atoms with Gasteiger partial charge in [0.15, 0.2) is 0 Å². The van der Waals surface area contributed by atoms with Gasteiger partial charge in [-0.2, -0.15) is 0 Å². The van der Waals surface area contributed by atoms with Gasteiger partial charge in [0.25, 0.3) is 0 Å². The molecule has 5 nitrogen and oxygen atoms in total. The second-order valence-electron chi connectivity index (χ2n) is 7.01. The van der Waals surface area contributed by atoms with Crippen molar-refractivity contribution in [3.8, 4) is 0 Å². The summed E-state index contributed by atoms with van der Waals surface area (Å²) in [6.45, 7) is 3.10. The summed E-state index contributed by atoms with van der Waals surface area (Å²) in [6.07, 6.45) is 7.77. The topological polar surface area (TPSA) is 69.4 Å². The lowest BCUT2D eigenvalue weighted by molar-refractivity contribution is 0.253. The number of nitrogens with one attached hydrogen (secondary N) is 2. The molecular formula is C20H25N5. The number of hydrogen-bond donors (Lipinski definition) is 3. The highest BCUT2D eigenvalue weighted by Crippen LogP contribution is 2.31. The van der Waals surface area contributed by atoms with Crippen molar-refractivity contribution in [1.82, 2.24) is 15.2 Å². The lowest BCUT2D eigenvalue weighted by atomic mass is 9.85. The van der Waals surface area contributed by atoms with Crippen molar-refractivity contribution in [3.63, 3.8) is 0 Å². The van der Waals surface area contributed by atoms with E-state index in [1.807, 2.05) is 13.2 Å². The molecule has 0 bridgehead atoms. The van der Waals surface area contributed by atoms with E-state index in [0.29, 0.717) is 5.84 Å². The Hall–Kier alpha value is -2.69. The summed E-state index contributed by atoms with van der Waals surface area (Å²) in [5.74, 6) is 1.30. The Morgan fingerprint density at radius 3 is 2.92 bits per heavy atom. The molecule has 1 aliphatic carbocycles. The van der Waals surface area contributed by atoms with E-state index in [1.54, 1.807) is 6.20 Å². The number of aromatic amines is 1. The molecule has 1 aliphatic heterocycles. The molecule has 1 aromatic heterocycles. The van der Waals surface area contributed by atoms with Crippen LogP contribution in [0.4, 0.5) is 0 Å². The third-order valence-corrected chi connectivity index (χ3v) is 5.20. The first kappa shape index (κ1) is 15.8. The first-order chi connectivity index (χ1) is 12.2. The highest BCUT2D eigenvalue weighted by molar-refractivity contribution is 6.04. The zero-order valence-electron chi connectivity index (χ0n) is 14.8. The fraction of sp³-hybridized carbons (Fsp3) is 0.350. The van der Waals surface area contributed by atoms with Gasteiger partial charge in [0.1, 0.15) is 11.5 Å². The molecule has 0 atom stereocenters. The van der Waals surface area contributed by atoms with Gasteiger partial charge in [0.05, 0.1) is 11.4 Å². The molecule has 2 aromatic rings. The van der Waals surface area contributed by atoms with Gasteiger partial charge in [0, 0.05) is 36.9 Å². The molecule has 2 aliphatic rings. The van der Waals surface area contributed by atoms with Crippen molar-refractivity contribution < 1.29 is 0 Å². The van der Waals surface area contributed by atoms with E-state index in [0.717, 1.165) is 35.1 Å². The number of benzene rings is 1. The third-order valence-electron chi connectivity index (χ3n) is 5.20. The predicted octanol–water partition coefficient (Wildman–Crippen LogP) is 3.31. The Balaban J connectivity index is 1.78. The second kappa shape index (κ2) is 6.31. The molecule has 1 fully saturated rings. The molecule has 0 saturated heterocycles. The lowest BCUT2D eigenvalue weighted by Crippen LogP contribution is -2.37. The maximum absolute atomic E-state index is 6.28. The Morgan fingerprint density at radius 2 is 2.20 bits per heavy atom. The van der Waals surface area contributed by atoms with Crippen LogP contribution in [0.2, 0.25) is 0 Å². The lowest BCUT2D eigenvalue weighted by Gasteiger charge is -2.34. The van der Waals surface area contributed by atoms with Crippen molar-refractivity contribution in [2.24, 2.45) is 16.6 Å². The molecule has 25 heavy (non-hydrogen) atoms. The zero-order valence-corrected chi connectivity index (χ0v) is 14.8. The van der Waals surface area contributed by atoms with Crippen LogP contribution in [0.5, 0.6) is 0 Å². The number of nitrogens with zero attached hydrogens (tertiary/aromatic N) is 2. The van der Waals surface area contributed by atoms with Gasteiger partial charge in [-0.3, -0.25) is 0 Å². The minimum absolute atomic E-state index is 0.556. The number of aliphatic imine (C=N–C) groups is 1. The summed E-state index contributed by atoms with van der Waals surface area (Å²) in [5.41, 5.74) is 11.6. The molecule has 0 unspecified atom stereocenters. The maximum Gasteiger partial charge on any atom is 0.149 e. The number of rotatable bonds is 4. The van der Waals surface area contributed by atoms with Crippen LogP contribution in [0.1, 0.15) is 30.5 Å².